The topological polar surface area (TPSA) is 46.2 Å². The van der Waals surface area contributed by atoms with E-state index >= 15 is 0 Å². The summed E-state index contributed by atoms with van der Waals surface area (Å²) in [6, 6.07) is 7.30. The quantitative estimate of drug-likeness (QED) is 0.534. The van der Waals surface area contributed by atoms with E-state index in [2.05, 4.69) is 5.32 Å². The smallest absolute Gasteiger partial charge is 0.207 e. The first-order valence-electron chi connectivity index (χ1n) is 4.08. The van der Waals surface area contributed by atoms with Crippen molar-refractivity contribution in [3.8, 4) is 0 Å². The molecule has 0 bridgehead atoms. The van der Waals surface area contributed by atoms with Crippen LogP contribution in [0.3, 0.4) is 0 Å². The van der Waals surface area contributed by atoms with E-state index in [1.165, 1.54) is 0 Å². The second-order valence-corrected chi connectivity index (χ2v) is 2.68. The molecule has 3 nitrogen and oxygen atoms in total. The number of hydrogen-bond acceptors (Lipinski definition) is 2. The van der Waals surface area contributed by atoms with E-state index in [9.17, 15) is 9.59 Å². The van der Waals surface area contributed by atoms with Gasteiger partial charge in [-0.2, -0.15) is 0 Å². The first-order chi connectivity index (χ1) is 6.36. The lowest BCUT2D eigenvalue weighted by atomic mass is 10.1. The first kappa shape index (κ1) is 9.45. The SMILES string of the molecule is O=CNCCc1ccc(C=O)cc1. The Morgan fingerprint density at radius 2 is 1.85 bits per heavy atom. The maximum atomic E-state index is 10.3. The van der Waals surface area contributed by atoms with Crippen LogP contribution in [0.4, 0.5) is 0 Å². The Morgan fingerprint density at radius 1 is 1.15 bits per heavy atom. The lowest BCUT2D eigenvalue weighted by Gasteiger charge is -1.99. The molecule has 1 amide bonds. The average molecular weight is 177 g/mol. The van der Waals surface area contributed by atoms with Crippen LogP contribution < -0.4 is 5.32 Å². The summed E-state index contributed by atoms with van der Waals surface area (Å²) in [4.78, 5) is 20.3. The van der Waals surface area contributed by atoms with Gasteiger partial charge in [-0.25, -0.2) is 0 Å². The molecule has 0 unspecified atom stereocenters. The summed E-state index contributed by atoms with van der Waals surface area (Å²) in [7, 11) is 0. The van der Waals surface area contributed by atoms with Crippen LogP contribution in [0.25, 0.3) is 0 Å². The van der Waals surface area contributed by atoms with Crippen LogP contribution >= 0.6 is 0 Å². The highest BCUT2D eigenvalue weighted by atomic mass is 16.1. The molecule has 0 atom stereocenters. The third-order valence-electron chi connectivity index (χ3n) is 1.76. The summed E-state index contributed by atoms with van der Waals surface area (Å²) in [5.74, 6) is 0. The van der Waals surface area contributed by atoms with Crippen molar-refractivity contribution in [2.24, 2.45) is 0 Å². The molecule has 0 heterocycles. The van der Waals surface area contributed by atoms with Gasteiger partial charge in [0, 0.05) is 12.1 Å². The Labute approximate surface area is 76.8 Å². The second-order valence-electron chi connectivity index (χ2n) is 2.68. The fourth-order valence-electron chi connectivity index (χ4n) is 1.04. The monoisotopic (exact) mass is 177 g/mol. The Kier molecular flexibility index (Phi) is 3.70. The molecule has 0 saturated heterocycles. The largest absolute Gasteiger partial charge is 0.358 e. The lowest BCUT2D eigenvalue weighted by Crippen LogP contribution is -2.14. The van der Waals surface area contributed by atoms with Crippen molar-refractivity contribution in [3.05, 3.63) is 35.4 Å². The normalized spacial score (nSPS) is 9.23. The summed E-state index contributed by atoms with van der Waals surface area (Å²) in [5, 5.41) is 2.58. The number of hydrogen-bond donors (Lipinski definition) is 1. The molecule has 0 aliphatic rings. The number of carbonyl (C=O) groups excluding carboxylic acids is 2. The zero-order chi connectivity index (χ0) is 9.52. The Bertz CT molecular complexity index is 279. The third-order valence-corrected chi connectivity index (χ3v) is 1.76. The number of nitrogens with one attached hydrogen (secondary N) is 1. The molecule has 0 radical (unpaired) electrons. The van der Waals surface area contributed by atoms with E-state index in [1.807, 2.05) is 12.1 Å². The minimum Gasteiger partial charge on any atom is -0.358 e. The van der Waals surface area contributed by atoms with Crippen LogP contribution in [0.2, 0.25) is 0 Å². The van der Waals surface area contributed by atoms with Gasteiger partial charge in [0.2, 0.25) is 6.41 Å². The average Bonchev–Trinajstić information content (AvgIpc) is 2.19. The van der Waals surface area contributed by atoms with Crippen molar-refractivity contribution in [3.63, 3.8) is 0 Å². The van der Waals surface area contributed by atoms with E-state index in [1.54, 1.807) is 12.1 Å². The summed E-state index contributed by atoms with van der Waals surface area (Å²) in [6.07, 6.45) is 2.28. The van der Waals surface area contributed by atoms with E-state index in [4.69, 9.17) is 0 Å². The van der Waals surface area contributed by atoms with Crippen LogP contribution in [-0.4, -0.2) is 19.2 Å². The molecule has 1 rings (SSSR count). The fraction of sp³-hybridized carbons (Fsp3) is 0.200. The van der Waals surface area contributed by atoms with Crippen molar-refractivity contribution >= 4 is 12.7 Å². The molecular weight excluding hydrogens is 166 g/mol. The standard InChI is InChI=1S/C10H11NO2/c12-7-10-3-1-9(2-4-10)5-6-11-8-13/h1-4,7-8H,5-6H2,(H,11,13). The van der Waals surface area contributed by atoms with Crippen LogP contribution in [-0.2, 0) is 11.2 Å². The van der Waals surface area contributed by atoms with Gasteiger partial charge < -0.3 is 5.32 Å². The molecule has 0 spiro atoms. The maximum Gasteiger partial charge on any atom is 0.207 e. The fourth-order valence-corrected chi connectivity index (χ4v) is 1.04. The molecule has 0 saturated carbocycles. The Morgan fingerprint density at radius 3 is 2.38 bits per heavy atom. The highest BCUT2D eigenvalue weighted by Gasteiger charge is 1.92. The van der Waals surface area contributed by atoms with E-state index < -0.39 is 0 Å². The first-order valence-corrected chi connectivity index (χ1v) is 4.08. The maximum absolute atomic E-state index is 10.3. The molecule has 3 heteroatoms. The summed E-state index contributed by atoms with van der Waals surface area (Å²) in [6.45, 7) is 0.629. The number of aldehydes is 1. The number of amides is 1. The number of rotatable bonds is 5. The van der Waals surface area contributed by atoms with Crippen molar-refractivity contribution in [2.45, 2.75) is 6.42 Å². The van der Waals surface area contributed by atoms with Gasteiger partial charge in [-0.15, -0.1) is 0 Å². The zero-order valence-corrected chi connectivity index (χ0v) is 7.19. The van der Waals surface area contributed by atoms with Crippen LogP contribution in [0.15, 0.2) is 24.3 Å². The number of carbonyl (C=O) groups is 2. The zero-order valence-electron chi connectivity index (χ0n) is 7.19. The minimum absolute atomic E-state index is 0.629. The minimum atomic E-state index is 0.629. The third kappa shape index (κ3) is 3.07. The molecule has 0 aromatic heterocycles. The molecule has 1 aromatic rings. The van der Waals surface area contributed by atoms with E-state index in [0.717, 1.165) is 18.3 Å². The molecule has 0 aliphatic carbocycles. The number of benzene rings is 1. The van der Waals surface area contributed by atoms with Gasteiger partial charge in [0.25, 0.3) is 0 Å². The van der Waals surface area contributed by atoms with Gasteiger partial charge in [0.05, 0.1) is 0 Å². The van der Waals surface area contributed by atoms with Crippen LogP contribution in [0, 0.1) is 0 Å². The van der Waals surface area contributed by atoms with Gasteiger partial charge in [-0.3, -0.25) is 9.59 Å². The van der Waals surface area contributed by atoms with E-state index in [0.29, 0.717) is 18.5 Å². The van der Waals surface area contributed by atoms with Crippen LogP contribution in [0.5, 0.6) is 0 Å². The predicted molar refractivity (Wildman–Crippen MR) is 49.6 cm³/mol. The Balaban J connectivity index is 2.48. The van der Waals surface area contributed by atoms with Crippen LogP contribution in [0.1, 0.15) is 15.9 Å². The predicted octanol–water partition coefficient (Wildman–Crippen LogP) is 0.788. The second kappa shape index (κ2) is 5.09. The molecule has 1 aromatic carbocycles. The van der Waals surface area contributed by atoms with Gasteiger partial charge in [-0.05, 0) is 12.0 Å². The highest BCUT2D eigenvalue weighted by Crippen LogP contribution is 2.02. The van der Waals surface area contributed by atoms with Gasteiger partial charge in [0.1, 0.15) is 6.29 Å². The van der Waals surface area contributed by atoms with Crippen molar-refractivity contribution in [1.82, 2.24) is 5.32 Å². The van der Waals surface area contributed by atoms with Crippen molar-refractivity contribution in [1.29, 1.82) is 0 Å². The molecule has 1 N–H and O–H groups in total. The molecular formula is C10H11NO2. The molecule has 68 valence electrons. The molecule has 0 fully saturated rings. The van der Waals surface area contributed by atoms with Crippen molar-refractivity contribution < 1.29 is 9.59 Å². The highest BCUT2D eigenvalue weighted by molar-refractivity contribution is 5.74. The van der Waals surface area contributed by atoms with E-state index in [-0.39, 0.29) is 0 Å². The van der Waals surface area contributed by atoms with Crippen molar-refractivity contribution in [2.75, 3.05) is 6.54 Å². The summed E-state index contributed by atoms with van der Waals surface area (Å²) >= 11 is 0. The van der Waals surface area contributed by atoms with Gasteiger partial charge in [-0.1, -0.05) is 24.3 Å². The van der Waals surface area contributed by atoms with Gasteiger partial charge >= 0.3 is 0 Å². The van der Waals surface area contributed by atoms with Gasteiger partial charge in [0.15, 0.2) is 0 Å². The summed E-state index contributed by atoms with van der Waals surface area (Å²) in [5.41, 5.74) is 1.78. The Hall–Kier alpha value is -1.64. The lowest BCUT2D eigenvalue weighted by molar-refractivity contribution is -0.109. The summed E-state index contributed by atoms with van der Waals surface area (Å²) < 4.78 is 0. The molecule has 0 aliphatic heterocycles. The molecule has 13 heavy (non-hydrogen) atoms.